The molecular weight excluding hydrogens is 408 g/mol. The summed E-state index contributed by atoms with van der Waals surface area (Å²) in [5.41, 5.74) is 0.735. The van der Waals surface area contributed by atoms with Crippen molar-refractivity contribution in [3.63, 3.8) is 0 Å². The van der Waals surface area contributed by atoms with Crippen molar-refractivity contribution in [3.05, 3.63) is 42.2 Å². The molecule has 1 aromatic carbocycles. The average Bonchev–Trinajstić information content (AvgIpc) is 2.94. The van der Waals surface area contributed by atoms with Crippen molar-refractivity contribution in [2.24, 2.45) is 0 Å². The van der Waals surface area contributed by atoms with Crippen LogP contribution in [0.5, 0.6) is 0 Å². The molecule has 2 N–H and O–H groups in total. The van der Waals surface area contributed by atoms with Gasteiger partial charge in [-0.1, -0.05) is 6.07 Å². The molecule has 2 aromatic rings. The second kappa shape index (κ2) is 8.27. The molecule has 9 nitrogen and oxygen atoms in total. The second-order valence-electron chi connectivity index (χ2n) is 7.39. The van der Waals surface area contributed by atoms with Crippen molar-refractivity contribution in [1.82, 2.24) is 15.3 Å². The normalized spacial score (nSPS) is 17.5. The van der Waals surface area contributed by atoms with Crippen LogP contribution < -0.4 is 20.4 Å². The number of carbonyl (C=O) groups excluding carboxylic acids is 3. The van der Waals surface area contributed by atoms with E-state index in [1.54, 1.807) is 30.6 Å². The van der Waals surface area contributed by atoms with Gasteiger partial charge in [0.1, 0.15) is 5.54 Å². The predicted octanol–water partition coefficient (Wildman–Crippen LogP) is 2.26. The van der Waals surface area contributed by atoms with E-state index in [1.165, 1.54) is 6.92 Å². The molecular formula is C20H23ClN6O3. The van der Waals surface area contributed by atoms with Gasteiger partial charge in [-0.15, -0.1) is 12.4 Å². The van der Waals surface area contributed by atoms with Crippen molar-refractivity contribution >= 4 is 47.6 Å². The SMILES string of the molecule is CC(=O)Nc1ccc(C)cc1N1C(=O)NC2(CCN(c3ncccn3)CC2)C1=O.Cl. The Labute approximate surface area is 180 Å². The number of halogens is 1. The average molecular weight is 431 g/mol. The van der Waals surface area contributed by atoms with E-state index in [4.69, 9.17) is 0 Å². The summed E-state index contributed by atoms with van der Waals surface area (Å²) in [7, 11) is 0. The van der Waals surface area contributed by atoms with Crippen molar-refractivity contribution in [1.29, 1.82) is 0 Å². The Hall–Kier alpha value is -3.20. The number of amides is 4. The van der Waals surface area contributed by atoms with Crippen molar-refractivity contribution in [2.75, 3.05) is 28.2 Å². The van der Waals surface area contributed by atoms with Crippen LogP contribution in [0.3, 0.4) is 0 Å². The predicted molar refractivity (Wildman–Crippen MR) is 115 cm³/mol. The number of urea groups is 1. The number of imide groups is 1. The lowest BCUT2D eigenvalue weighted by Crippen LogP contribution is -2.55. The molecule has 0 saturated carbocycles. The van der Waals surface area contributed by atoms with E-state index in [9.17, 15) is 14.4 Å². The van der Waals surface area contributed by atoms with Crippen LogP contribution in [0, 0.1) is 6.92 Å². The summed E-state index contributed by atoms with van der Waals surface area (Å²) in [6.45, 7) is 4.36. The van der Waals surface area contributed by atoms with Crippen LogP contribution in [0.15, 0.2) is 36.7 Å². The minimum atomic E-state index is -0.959. The van der Waals surface area contributed by atoms with Gasteiger partial charge in [-0.2, -0.15) is 0 Å². The van der Waals surface area contributed by atoms with Gasteiger partial charge in [-0.05, 0) is 43.5 Å². The first-order chi connectivity index (χ1) is 13.9. The fourth-order valence-corrected chi connectivity index (χ4v) is 3.84. The summed E-state index contributed by atoms with van der Waals surface area (Å²) in [5.74, 6) is 0.0454. The van der Waals surface area contributed by atoms with Gasteiger partial charge in [0.05, 0.1) is 11.4 Å². The third-order valence-corrected chi connectivity index (χ3v) is 5.32. The number of hydrogen-bond acceptors (Lipinski definition) is 6. The Morgan fingerprint density at radius 1 is 1.17 bits per heavy atom. The van der Waals surface area contributed by atoms with Crippen LogP contribution in [-0.2, 0) is 9.59 Å². The fourth-order valence-electron chi connectivity index (χ4n) is 3.84. The summed E-state index contributed by atoms with van der Waals surface area (Å²) in [6, 6.07) is 6.53. The maximum absolute atomic E-state index is 13.4. The number of aryl methyl sites for hydroxylation is 1. The van der Waals surface area contributed by atoms with Crippen LogP contribution in [0.4, 0.5) is 22.1 Å². The lowest BCUT2D eigenvalue weighted by molar-refractivity contribution is -0.122. The molecule has 1 spiro atoms. The number of nitrogens with one attached hydrogen (secondary N) is 2. The Morgan fingerprint density at radius 3 is 2.47 bits per heavy atom. The second-order valence-corrected chi connectivity index (χ2v) is 7.39. The third kappa shape index (κ3) is 3.80. The number of rotatable bonds is 3. The molecule has 1 aromatic heterocycles. The zero-order valence-corrected chi connectivity index (χ0v) is 17.5. The first-order valence-corrected chi connectivity index (χ1v) is 9.46. The molecule has 2 fully saturated rings. The van der Waals surface area contributed by atoms with E-state index in [-0.39, 0.29) is 24.2 Å². The molecule has 0 unspecified atom stereocenters. The minimum absolute atomic E-state index is 0. The smallest absolute Gasteiger partial charge is 0.329 e. The molecule has 3 heterocycles. The zero-order valence-electron chi connectivity index (χ0n) is 16.7. The Bertz CT molecular complexity index is 976. The van der Waals surface area contributed by atoms with Gasteiger partial charge in [0.2, 0.25) is 11.9 Å². The molecule has 0 atom stereocenters. The van der Waals surface area contributed by atoms with Gasteiger partial charge in [0.25, 0.3) is 5.91 Å². The molecule has 0 aliphatic carbocycles. The lowest BCUT2D eigenvalue weighted by Gasteiger charge is -2.37. The summed E-state index contributed by atoms with van der Waals surface area (Å²) in [4.78, 5) is 49.4. The van der Waals surface area contributed by atoms with Crippen molar-refractivity contribution in [2.45, 2.75) is 32.2 Å². The van der Waals surface area contributed by atoms with Crippen LogP contribution in [0.25, 0.3) is 0 Å². The number of nitrogens with zero attached hydrogens (tertiary/aromatic N) is 4. The number of anilines is 3. The van der Waals surface area contributed by atoms with Crippen molar-refractivity contribution < 1.29 is 14.4 Å². The van der Waals surface area contributed by atoms with E-state index >= 15 is 0 Å². The van der Waals surface area contributed by atoms with Crippen LogP contribution >= 0.6 is 12.4 Å². The molecule has 0 radical (unpaired) electrons. The van der Waals surface area contributed by atoms with E-state index in [0.29, 0.717) is 43.3 Å². The first kappa shape index (κ1) is 21.5. The highest BCUT2D eigenvalue weighted by molar-refractivity contribution is 6.25. The Morgan fingerprint density at radius 2 is 1.83 bits per heavy atom. The monoisotopic (exact) mass is 430 g/mol. The minimum Gasteiger partial charge on any atom is -0.341 e. The van der Waals surface area contributed by atoms with Crippen molar-refractivity contribution in [3.8, 4) is 0 Å². The van der Waals surface area contributed by atoms with Gasteiger partial charge >= 0.3 is 6.03 Å². The molecule has 30 heavy (non-hydrogen) atoms. The molecule has 158 valence electrons. The third-order valence-electron chi connectivity index (χ3n) is 5.32. The summed E-state index contributed by atoms with van der Waals surface area (Å²) < 4.78 is 0. The molecule has 10 heteroatoms. The van der Waals surface area contributed by atoms with E-state index < -0.39 is 11.6 Å². The maximum Gasteiger partial charge on any atom is 0.329 e. The molecule has 2 saturated heterocycles. The Balaban J connectivity index is 0.00000256. The van der Waals surface area contributed by atoms with Crippen LogP contribution in [0.2, 0.25) is 0 Å². The number of piperidine rings is 1. The Kier molecular flexibility index (Phi) is 5.93. The van der Waals surface area contributed by atoms with Gasteiger partial charge < -0.3 is 15.5 Å². The molecule has 2 aliphatic rings. The molecule has 4 rings (SSSR count). The van der Waals surface area contributed by atoms with E-state index in [1.807, 2.05) is 17.9 Å². The molecule has 2 aliphatic heterocycles. The van der Waals surface area contributed by atoms with Gasteiger partial charge in [0, 0.05) is 32.4 Å². The summed E-state index contributed by atoms with van der Waals surface area (Å²) >= 11 is 0. The lowest BCUT2D eigenvalue weighted by atomic mass is 9.87. The van der Waals surface area contributed by atoms with Gasteiger partial charge in [-0.3, -0.25) is 9.59 Å². The highest BCUT2D eigenvalue weighted by atomic mass is 35.5. The zero-order chi connectivity index (χ0) is 20.6. The summed E-state index contributed by atoms with van der Waals surface area (Å²) in [5, 5.41) is 5.60. The van der Waals surface area contributed by atoms with E-state index in [0.717, 1.165) is 10.5 Å². The highest BCUT2D eigenvalue weighted by Crippen LogP contribution is 2.36. The first-order valence-electron chi connectivity index (χ1n) is 9.46. The van der Waals surface area contributed by atoms with E-state index in [2.05, 4.69) is 20.6 Å². The quantitative estimate of drug-likeness (QED) is 0.723. The van der Waals surface area contributed by atoms with Crippen LogP contribution in [0.1, 0.15) is 25.3 Å². The number of hydrogen-bond donors (Lipinski definition) is 2. The highest BCUT2D eigenvalue weighted by Gasteiger charge is 2.53. The maximum atomic E-state index is 13.4. The van der Waals surface area contributed by atoms with Gasteiger partial charge in [0.15, 0.2) is 0 Å². The number of aromatic nitrogens is 2. The summed E-state index contributed by atoms with van der Waals surface area (Å²) in [6.07, 6.45) is 4.26. The van der Waals surface area contributed by atoms with Gasteiger partial charge in [-0.25, -0.2) is 19.7 Å². The number of benzene rings is 1. The molecule has 4 amide bonds. The van der Waals surface area contributed by atoms with Crippen LogP contribution in [-0.4, -0.2) is 46.4 Å². The largest absolute Gasteiger partial charge is 0.341 e. The topological polar surface area (TPSA) is 108 Å². The fraction of sp³-hybridized carbons (Fsp3) is 0.350. The molecule has 0 bridgehead atoms. The number of carbonyl (C=O) groups is 3. The standard InChI is InChI=1S/C20H22N6O3.ClH/c1-13-4-5-15(23-14(2)27)16(12-13)26-17(28)20(24-19(26)29)6-10-25(11-7-20)18-21-8-3-9-22-18;/h3-5,8-9,12H,6-7,10-11H2,1-2H3,(H,23,27)(H,24,29);1H.